The van der Waals surface area contributed by atoms with Gasteiger partial charge in [0, 0.05) is 38.6 Å². The quantitative estimate of drug-likeness (QED) is 0.587. The molecule has 4 aromatic rings. The van der Waals surface area contributed by atoms with Crippen LogP contribution < -0.4 is 5.32 Å². The van der Waals surface area contributed by atoms with E-state index >= 15 is 0 Å². The fourth-order valence-electron chi connectivity index (χ4n) is 3.82. The summed E-state index contributed by atoms with van der Waals surface area (Å²) in [6, 6.07) is 8.64. The van der Waals surface area contributed by atoms with Crippen LogP contribution in [0.1, 0.15) is 12.8 Å². The first-order valence-electron chi connectivity index (χ1n) is 9.11. The van der Waals surface area contributed by atoms with E-state index in [1.807, 2.05) is 30.0 Å². The Morgan fingerprint density at radius 2 is 2.11 bits per heavy atom. The highest BCUT2D eigenvalue weighted by molar-refractivity contribution is 5.87. The molecule has 3 aromatic heterocycles. The second-order valence-corrected chi connectivity index (χ2v) is 7.19. The summed E-state index contributed by atoms with van der Waals surface area (Å²) in [6.07, 6.45) is 6.05. The topological polar surface area (TPSA) is 82.2 Å². The van der Waals surface area contributed by atoms with E-state index in [1.54, 1.807) is 11.8 Å². The fourth-order valence-corrected chi connectivity index (χ4v) is 3.82. The maximum atomic E-state index is 5.20. The first kappa shape index (κ1) is 16.2. The molecule has 5 rings (SSSR count). The number of ether oxygens (including phenoxy) is 1. The van der Waals surface area contributed by atoms with Gasteiger partial charge in [-0.1, -0.05) is 11.3 Å². The molecule has 1 saturated carbocycles. The van der Waals surface area contributed by atoms with Gasteiger partial charge in [-0.2, -0.15) is 0 Å². The van der Waals surface area contributed by atoms with Crippen molar-refractivity contribution in [3.05, 3.63) is 36.7 Å². The number of aryl methyl sites for hydroxylation is 1. The first-order valence-corrected chi connectivity index (χ1v) is 9.11. The molecule has 0 bridgehead atoms. The van der Waals surface area contributed by atoms with Gasteiger partial charge in [-0.25, -0.2) is 14.2 Å². The molecule has 1 aromatic carbocycles. The maximum Gasteiger partial charge on any atom is 0.241 e. The summed E-state index contributed by atoms with van der Waals surface area (Å²) in [5, 5.41) is 16.2. The molecule has 27 heavy (non-hydrogen) atoms. The molecular weight excluding hydrogens is 342 g/mol. The summed E-state index contributed by atoms with van der Waals surface area (Å²) in [4.78, 5) is 4.52. The van der Waals surface area contributed by atoms with Gasteiger partial charge < -0.3 is 10.1 Å². The van der Waals surface area contributed by atoms with E-state index in [0.29, 0.717) is 17.9 Å². The molecule has 0 aliphatic heterocycles. The van der Waals surface area contributed by atoms with Gasteiger partial charge in [0.2, 0.25) is 5.95 Å². The lowest BCUT2D eigenvalue weighted by Gasteiger charge is -2.35. The number of hydrogen-bond donors (Lipinski definition) is 1. The zero-order valence-electron chi connectivity index (χ0n) is 15.3. The molecular formula is C19H21N7O. The number of anilines is 1. The highest BCUT2D eigenvalue weighted by Gasteiger charge is 2.29. The van der Waals surface area contributed by atoms with Crippen molar-refractivity contribution in [2.75, 3.05) is 19.0 Å². The van der Waals surface area contributed by atoms with Crippen LogP contribution in [-0.2, 0) is 11.8 Å². The van der Waals surface area contributed by atoms with Gasteiger partial charge in [0.15, 0.2) is 0 Å². The Kier molecular flexibility index (Phi) is 3.78. The number of nitrogens with one attached hydrogen (secondary N) is 1. The maximum absolute atomic E-state index is 5.20. The van der Waals surface area contributed by atoms with Crippen LogP contribution in [0.25, 0.3) is 27.7 Å². The average Bonchev–Trinajstić information content (AvgIpc) is 3.23. The summed E-state index contributed by atoms with van der Waals surface area (Å²) < 4.78 is 8.86. The molecule has 8 heteroatoms. The van der Waals surface area contributed by atoms with Crippen LogP contribution in [0.4, 0.5) is 5.95 Å². The largest absolute Gasteiger partial charge is 0.384 e. The zero-order valence-corrected chi connectivity index (χ0v) is 15.3. The van der Waals surface area contributed by atoms with E-state index in [0.717, 1.165) is 47.1 Å². The Labute approximate surface area is 156 Å². The summed E-state index contributed by atoms with van der Waals surface area (Å²) in [5.74, 6) is 1.31. The Morgan fingerprint density at radius 1 is 1.22 bits per heavy atom. The van der Waals surface area contributed by atoms with Gasteiger partial charge in [0.05, 0.1) is 17.2 Å². The van der Waals surface area contributed by atoms with E-state index in [1.165, 1.54) is 0 Å². The van der Waals surface area contributed by atoms with Crippen molar-refractivity contribution in [3.63, 3.8) is 0 Å². The van der Waals surface area contributed by atoms with Crippen LogP contribution >= 0.6 is 0 Å². The molecule has 8 nitrogen and oxygen atoms in total. The standard InChI is InChI=1S/C19H21N7O/c1-25-17-9-13(3-4-16(17)22-24-25)15-5-6-26-18(15)10-20-19(23-26)21-14-7-12(8-14)11-27-2/h3-6,9-10,12,14H,7-8,11H2,1-2H3,(H,21,23)/t12-,14-. The molecule has 0 saturated heterocycles. The minimum atomic E-state index is 0.428. The van der Waals surface area contributed by atoms with E-state index in [9.17, 15) is 0 Å². The minimum Gasteiger partial charge on any atom is -0.384 e. The molecule has 138 valence electrons. The first-order chi connectivity index (χ1) is 13.2. The Morgan fingerprint density at radius 3 is 2.96 bits per heavy atom. The monoisotopic (exact) mass is 363 g/mol. The molecule has 1 aliphatic rings. The minimum absolute atomic E-state index is 0.428. The Bertz CT molecular complexity index is 1110. The van der Waals surface area contributed by atoms with Gasteiger partial charge >= 0.3 is 0 Å². The van der Waals surface area contributed by atoms with Crippen molar-refractivity contribution in [1.82, 2.24) is 29.6 Å². The second kappa shape index (κ2) is 6.31. The number of hydrogen-bond acceptors (Lipinski definition) is 6. The highest BCUT2D eigenvalue weighted by Crippen LogP contribution is 2.30. The summed E-state index contributed by atoms with van der Waals surface area (Å²) in [5.41, 5.74) is 5.05. The number of rotatable bonds is 5. The van der Waals surface area contributed by atoms with Crippen LogP contribution in [0.5, 0.6) is 0 Å². The molecule has 1 N–H and O–H groups in total. The zero-order chi connectivity index (χ0) is 18.4. The van der Waals surface area contributed by atoms with E-state index in [2.05, 4.69) is 43.9 Å². The normalized spacial score (nSPS) is 19.5. The summed E-state index contributed by atoms with van der Waals surface area (Å²) in [7, 11) is 3.65. The SMILES string of the molecule is COC[C@H]1C[C@H](Nc2ncc3c(-c4ccc5nnn(C)c5c4)ccn3n2)C1. The van der Waals surface area contributed by atoms with E-state index < -0.39 is 0 Å². The predicted molar refractivity (Wildman–Crippen MR) is 103 cm³/mol. The van der Waals surface area contributed by atoms with Crippen molar-refractivity contribution in [1.29, 1.82) is 0 Å². The van der Waals surface area contributed by atoms with Gasteiger partial charge in [-0.05, 0) is 42.5 Å². The van der Waals surface area contributed by atoms with Crippen LogP contribution in [0, 0.1) is 5.92 Å². The van der Waals surface area contributed by atoms with Crippen LogP contribution in [0.15, 0.2) is 36.7 Å². The lowest BCUT2D eigenvalue weighted by Crippen LogP contribution is -2.38. The number of fused-ring (bicyclic) bond motifs is 2. The Balaban J connectivity index is 1.41. The van der Waals surface area contributed by atoms with Crippen LogP contribution in [0.3, 0.4) is 0 Å². The van der Waals surface area contributed by atoms with Gasteiger partial charge in [0.25, 0.3) is 0 Å². The fraction of sp³-hybridized carbons (Fsp3) is 0.368. The summed E-state index contributed by atoms with van der Waals surface area (Å²) in [6.45, 7) is 0.829. The third-order valence-corrected chi connectivity index (χ3v) is 5.31. The molecule has 0 spiro atoms. The van der Waals surface area contributed by atoms with E-state index in [-0.39, 0.29) is 0 Å². The van der Waals surface area contributed by atoms with Crippen molar-refractivity contribution < 1.29 is 4.74 Å². The second-order valence-electron chi connectivity index (χ2n) is 7.19. The van der Waals surface area contributed by atoms with Gasteiger partial charge in [-0.15, -0.1) is 10.2 Å². The van der Waals surface area contributed by atoms with Gasteiger partial charge in [0.1, 0.15) is 5.52 Å². The number of benzene rings is 1. The van der Waals surface area contributed by atoms with Crippen molar-refractivity contribution >= 4 is 22.5 Å². The summed E-state index contributed by atoms with van der Waals surface area (Å²) >= 11 is 0. The van der Waals surface area contributed by atoms with Crippen molar-refractivity contribution in [2.45, 2.75) is 18.9 Å². The molecule has 1 aliphatic carbocycles. The number of nitrogens with zero attached hydrogens (tertiary/aromatic N) is 6. The Hall–Kier alpha value is -3.00. The lowest BCUT2D eigenvalue weighted by atomic mass is 9.81. The smallest absolute Gasteiger partial charge is 0.241 e. The molecule has 0 radical (unpaired) electrons. The van der Waals surface area contributed by atoms with Crippen molar-refractivity contribution in [2.24, 2.45) is 13.0 Å². The van der Waals surface area contributed by atoms with Crippen LogP contribution in [0.2, 0.25) is 0 Å². The molecule has 0 atom stereocenters. The number of methoxy groups -OCH3 is 1. The molecule has 0 amide bonds. The molecule has 0 unspecified atom stereocenters. The predicted octanol–water partition coefficient (Wildman–Crippen LogP) is 2.51. The average molecular weight is 363 g/mol. The molecule has 3 heterocycles. The third kappa shape index (κ3) is 2.82. The number of aromatic nitrogens is 6. The van der Waals surface area contributed by atoms with E-state index in [4.69, 9.17) is 4.74 Å². The van der Waals surface area contributed by atoms with Crippen LogP contribution in [-0.4, -0.2) is 49.4 Å². The highest BCUT2D eigenvalue weighted by atomic mass is 16.5. The van der Waals surface area contributed by atoms with Gasteiger partial charge in [-0.3, -0.25) is 0 Å². The van der Waals surface area contributed by atoms with Crippen molar-refractivity contribution in [3.8, 4) is 11.1 Å². The lowest BCUT2D eigenvalue weighted by molar-refractivity contribution is 0.104. The third-order valence-electron chi connectivity index (χ3n) is 5.31. The molecule has 1 fully saturated rings.